The van der Waals surface area contributed by atoms with Crippen LogP contribution in [-0.4, -0.2) is 5.11 Å². The molecule has 0 aliphatic heterocycles. The minimum absolute atomic E-state index is 0.0166. The molecule has 0 fully saturated rings. The first-order chi connectivity index (χ1) is 9.28. The van der Waals surface area contributed by atoms with E-state index in [4.69, 9.17) is 10.5 Å². The first-order valence-electron chi connectivity index (χ1n) is 5.68. The molecular weight excluding hydrogens is 238 g/mol. The predicted molar refractivity (Wildman–Crippen MR) is 72.8 cm³/mol. The van der Waals surface area contributed by atoms with Crippen molar-refractivity contribution in [3.8, 4) is 12.1 Å². The van der Waals surface area contributed by atoms with Crippen LogP contribution in [0.2, 0.25) is 0 Å². The third-order valence-electron chi connectivity index (χ3n) is 2.75. The molecule has 0 heterocycles. The maximum absolute atomic E-state index is 9.37. The lowest BCUT2D eigenvalue weighted by molar-refractivity contribution is 0.282. The lowest BCUT2D eigenvalue weighted by Crippen LogP contribution is -1.96. The summed E-state index contributed by atoms with van der Waals surface area (Å²) in [5.74, 6) is 0. The number of aliphatic hydroxyl groups is 1. The maximum Gasteiger partial charge on any atom is 0.145 e. The quantitative estimate of drug-likeness (QED) is 0.819. The van der Waals surface area contributed by atoms with Crippen LogP contribution in [0, 0.1) is 22.7 Å². The highest BCUT2D eigenvalue weighted by Crippen LogP contribution is 2.24. The molecule has 2 N–H and O–H groups in total. The molecule has 0 aliphatic carbocycles. The minimum Gasteiger partial charge on any atom is -0.392 e. The number of aliphatic hydroxyl groups excluding tert-OH is 1. The van der Waals surface area contributed by atoms with Gasteiger partial charge >= 0.3 is 0 Å². The molecule has 0 radical (unpaired) electrons. The highest BCUT2D eigenvalue weighted by atomic mass is 16.3. The minimum atomic E-state index is -0.116. The summed E-state index contributed by atoms with van der Waals surface area (Å²) in [5, 5.41) is 31.7. The Hall–Kier alpha value is -2.82. The van der Waals surface area contributed by atoms with E-state index in [1.807, 2.05) is 36.4 Å². The van der Waals surface area contributed by atoms with Crippen molar-refractivity contribution >= 4 is 16.5 Å². The van der Waals surface area contributed by atoms with Crippen molar-refractivity contribution in [1.29, 1.82) is 10.5 Å². The maximum atomic E-state index is 9.37. The number of nitrogens with one attached hydrogen (secondary N) is 1. The number of hydrogen-bond donors (Lipinski definition) is 2. The average Bonchev–Trinajstić information content (AvgIpc) is 2.47. The lowest BCUT2D eigenvalue weighted by atomic mass is 10.1. The molecule has 0 atom stereocenters. The SMILES string of the molecule is N#CC(C#N)=CNc1cc2ccccc2cc1CO. The molecule has 4 nitrogen and oxygen atoms in total. The Labute approximate surface area is 110 Å². The van der Waals surface area contributed by atoms with Crippen LogP contribution in [0.15, 0.2) is 48.2 Å². The largest absolute Gasteiger partial charge is 0.392 e. The predicted octanol–water partition coefficient (Wildman–Crippen LogP) is 2.68. The third kappa shape index (κ3) is 2.71. The number of hydrogen-bond acceptors (Lipinski definition) is 4. The van der Waals surface area contributed by atoms with Crippen molar-refractivity contribution in [3.05, 3.63) is 53.7 Å². The van der Waals surface area contributed by atoms with E-state index >= 15 is 0 Å². The standard InChI is InChI=1S/C15H11N3O/c16-7-11(8-17)9-18-15-6-13-4-2-1-3-12(13)5-14(15)10-19/h1-6,9,18-19H,10H2. The van der Waals surface area contributed by atoms with Gasteiger partial charge in [-0.2, -0.15) is 10.5 Å². The molecule has 0 saturated carbocycles. The molecule has 92 valence electrons. The van der Waals surface area contributed by atoms with Crippen LogP contribution < -0.4 is 5.32 Å². The van der Waals surface area contributed by atoms with Gasteiger partial charge in [-0.05, 0) is 22.9 Å². The Balaban J connectivity index is 2.45. The monoisotopic (exact) mass is 249 g/mol. The van der Waals surface area contributed by atoms with Gasteiger partial charge in [0.05, 0.1) is 6.61 Å². The van der Waals surface area contributed by atoms with E-state index in [1.54, 1.807) is 12.1 Å². The van der Waals surface area contributed by atoms with Gasteiger partial charge in [0, 0.05) is 17.5 Å². The highest BCUT2D eigenvalue weighted by Gasteiger charge is 2.03. The molecule has 0 aromatic heterocycles. The molecule has 2 rings (SSSR count). The van der Waals surface area contributed by atoms with Gasteiger partial charge in [-0.3, -0.25) is 0 Å². The van der Waals surface area contributed by atoms with Crippen LogP contribution in [0.5, 0.6) is 0 Å². The Morgan fingerprint density at radius 1 is 1.16 bits per heavy atom. The van der Waals surface area contributed by atoms with Crippen LogP contribution in [0.4, 0.5) is 5.69 Å². The first kappa shape index (κ1) is 12.6. The second kappa shape index (κ2) is 5.68. The molecule has 2 aromatic rings. The zero-order valence-corrected chi connectivity index (χ0v) is 10.1. The van der Waals surface area contributed by atoms with Gasteiger partial charge in [-0.15, -0.1) is 0 Å². The summed E-state index contributed by atoms with van der Waals surface area (Å²) in [6.45, 7) is -0.116. The van der Waals surface area contributed by atoms with Crippen molar-refractivity contribution in [2.45, 2.75) is 6.61 Å². The van der Waals surface area contributed by atoms with Crippen LogP contribution in [0.25, 0.3) is 10.8 Å². The second-order valence-corrected chi connectivity index (χ2v) is 3.94. The summed E-state index contributed by atoms with van der Waals surface area (Å²) < 4.78 is 0. The highest BCUT2D eigenvalue weighted by molar-refractivity contribution is 5.87. The molecule has 0 unspecified atom stereocenters. The van der Waals surface area contributed by atoms with E-state index in [1.165, 1.54) is 6.20 Å². The molecule has 0 aliphatic rings. The topological polar surface area (TPSA) is 79.8 Å². The average molecular weight is 249 g/mol. The zero-order chi connectivity index (χ0) is 13.7. The summed E-state index contributed by atoms with van der Waals surface area (Å²) in [5.41, 5.74) is 1.38. The fourth-order valence-corrected chi connectivity index (χ4v) is 1.79. The van der Waals surface area contributed by atoms with Crippen LogP contribution >= 0.6 is 0 Å². The normalized spacial score (nSPS) is 9.42. The van der Waals surface area contributed by atoms with Crippen molar-refractivity contribution < 1.29 is 5.11 Å². The molecule has 0 spiro atoms. The van der Waals surface area contributed by atoms with Crippen molar-refractivity contribution in [2.24, 2.45) is 0 Å². The van der Waals surface area contributed by atoms with Crippen molar-refractivity contribution in [3.63, 3.8) is 0 Å². The van der Waals surface area contributed by atoms with Gasteiger partial charge in [0.1, 0.15) is 17.7 Å². The molecule has 2 aromatic carbocycles. The molecular formula is C15H11N3O. The Kier molecular flexibility index (Phi) is 3.78. The number of anilines is 1. The number of nitrogens with zero attached hydrogens (tertiary/aromatic N) is 2. The fourth-order valence-electron chi connectivity index (χ4n) is 1.79. The zero-order valence-electron chi connectivity index (χ0n) is 10.1. The summed E-state index contributed by atoms with van der Waals surface area (Å²) in [4.78, 5) is 0. The van der Waals surface area contributed by atoms with Gasteiger partial charge in [0.2, 0.25) is 0 Å². The number of fused-ring (bicyclic) bond motifs is 1. The van der Waals surface area contributed by atoms with E-state index in [-0.39, 0.29) is 12.2 Å². The number of rotatable bonds is 3. The van der Waals surface area contributed by atoms with E-state index in [2.05, 4.69) is 5.32 Å². The molecule has 19 heavy (non-hydrogen) atoms. The number of nitriles is 2. The van der Waals surface area contributed by atoms with Crippen LogP contribution in [0.3, 0.4) is 0 Å². The summed E-state index contributed by atoms with van der Waals surface area (Å²) in [6, 6.07) is 15.1. The Bertz CT molecular complexity index is 704. The lowest BCUT2D eigenvalue weighted by Gasteiger charge is -2.09. The van der Waals surface area contributed by atoms with Gasteiger partial charge < -0.3 is 10.4 Å². The van der Waals surface area contributed by atoms with E-state index < -0.39 is 0 Å². The summed E-state index contributed by atoms with van der Waals surface area (Å²) in [7, 11) is 0. The third-order valence-corrected chi connectivity index (χ3v) is 2.75. The van der Waals surface area contributed by atoms with Crippen LogP contribution in [0.1, 0.15) is 5.56 Å². The molecule has 4 heteroatoms. The first-order valence-corrected chi connectivity index (χ1v) is 5.68. The second-order valence-electron chi connectivity index (χ2n) is 3.94. The van der Waals surface area contributed by atoms with E-state index in [9.17, 15) is 5.11 Å². The molecule has 0 bridgehead atoms. The molecule has 0 saturated heterocycles. The smallest absolute Gasteiger partial charge is 0.145 e. The molecule has 0 amide bonds. The fraction of sp³-hybridized carbons (Fsp3) is 0.0667. The van der Waals surface area contributed by atoms with Gasteiger partial charge in [-0.1, -0.05) is 24.3 Å². The number of benzene rings is 2. The van der Waals surface area contributed by atoms with E-state index in [0.717, 1.165) is 10.8 Å². The van der Waals surface area contributed by atoms with Crippen LogP contribution in [-0.2, 0) is 6.61 Å². The Morgan fingerprint density at radius 2 is 1.79 bits per heavy atom. The van der Waals surface area contributed by atoms with E-state index in [0.29, 0.717) is 11.3 Å². The van der Waals surface area contributed by atoms with Crippen molar-refractivity contribution in [2.75, 3.05) is 5.32 Å². The number of allylic oxidation sites excluding steroid dienone is 1. The Morgan fingerprint density at radius 3 is 2.37 bits per heavy atom. The van der Waals surface area contributed by atoms with Gasteiger partial charge in [0.25, 0.3) is 0 Å². The summed E-state index contributed by atoms with van der Waals surface area (Å²) >= 11 is 0. The van der Waals surface area contributed by atoms with Gasteiger partial charge in [-0.25, -0.2) is 0 Å². The summed E-state index contributed by atoms with van der Waals surface area (Å²) in [6.07, 6.45) is 1.34. The van der Waals surface area contributed by atoms with Gasteiger partial charge in [0.15, 0.2) is 0 Å². The van der Waals surface area contributed by atoms with Crippen molar-refractivity contribution in [1.82, 2.24) is 0 Å².